The molecule has 1 aliphatic carbocycles. The van der Waals surface area contributed by atoms with Gasteiger partial charge in [0, 0.05) is 21.8 Å². The van der Waals surface area contributed by atoms with Crippen LogP contribution in [-0.4, -0.2) is 18.0 Å². The summed E-state index contributed by atoms with van der Waals surface area (Å²) in [7, 11) is 1.63. The Balaban J connectivity index is 1.49. The van der Waals surface area contributed by atoms with Crippen molar-refractivity contribution in [1.29, 1.82) is 0 Å². The SMILES string of the molecule is COc1ccc(C(NC(=O)c2cnc(N)c(OCc3c(Cl)cccc3Cl)c2)C2CC2)cc1. The first-order chi connectivity index (χ1) is 15.5. The van der Waals surface area contributed by atoms with Gasteiger partial charge in [0.25, 0.3) is 5.91 Å². The molecular formula is C24H23Cl2N3O3. The lowest BCUT2D eigenvalue weighted by molar-refractivity contribution is 0.0931. The number of ether oxygens (including phenoxy) is 2. The van der Waals surface area contributed by atoms with Crippen LogP contribution in [-0.2, 0) is 6.61 Å². The minimum absolute atomic E-state index is 0.0859. The normalized spacial score (nSPS) is 14.0. The van der Waals surface area contributed by atoms with Crippen molar-refractivity contribution in [2.24, 2.45) is 5.92 Å². The van der Waals surface area contributed by atoms with Crippen LogP contribution in [0.25, 0.3) is 0 Å². The Morgan fingerprint density at radius 2 is 1.88 bits per heavy atom. The number of amides is 1. The molecule has 2 aromatic carbocycles. The van der Waals surface area contributed by atoms with E-state index in [1.54, 1.807) is 31.4 Å². The summed E-state index contributed by atoms with van der Waals surface area (Å²) < 4.78 is 11.0. The number of pyridine rings is 1. The van der Waals surface area contributed by atoms with Crippen molar-refractivity contribution in [2.75, 3.05) is 12.8 Å². The van der Waals surface area contributed by atoms with E-state index >= 15 is 0 Å². The fraction of sp³-hybridized carbons (Fsp3) is 0.250. The Hall–Kier alpha value is -2.96. The number of rotatable bonds is 8. The molecule has 6 nitrogen and oxygen atoms in total. The molecule has 166 valence electrons. The van der Waals surface area contributed by atoms with E-state index in [2.05, 4.69) is 10.3 Å². The highest BCUT2D eigenvalue weighted by Crippen LogP contribution is 2.41. The number of carbonyl (C=O) groups is 1. The van der Waals surface area contributed by atoms with Crippen LogP contribution < -0.4 is 20.5 Å². The summed E-state index contributed by atoms with van der Waals surface area (Å²) >= 11 is 12.4. The average molecular weight is 472 g/mol. The third kappa shape index (κ3) is 5.09. The number of nitrogens with one attached hydrogen (secondary N) is 1. The molecule has 0 radical (unpaired) electrons. The first-order valence-electron chi connectivity index (χ1n) is 10.2. The highest BCUT2D eigenvalue weighted by Gasteiger charge is 2.33. The van der Waals surface area contributed by atoms with Crippen molar-refractivity contribution >= 4 is 34.9 Å². The summed E-state index contributed by atoms with van der Waals surface area (Å²) in [4.78, 5) is 17.1. The standard InChI is InChI=1S/C24H23Cl2N3O3/c1-31-17-9-7-15(8-10-17)22(14-5-6-14)29-24(30)16-11-21(23(27)28-12-16)32-13-18-19(25)3-2-4-20(18)26/h2-4,7-12,14,22H,5-6,13H2,1H3,(H2,27,28)(H,29,30). The van der Waals surface area contributed by atoms with Crippen LogP contribution in [0, 0.1) is 5.92 Å². The number of benzene rings is 2. The van der Waals surface area contributed by atoms with Crippen LogP contribution in [0.3, 0.4) is 0 Å². The molecule has 1 aliphatic rings. The second-order valence-electron chi connectivity index (χ2n) is 7.66. The molecule has 1 atom stereocenters. The lowest BCUT2D eigenvalue weighted by Gasteiger charge is -2.19. The zero-order valence-corrected chi connectivity index (χ0v) is 19.0. The zero-order valence-electron chi connectivity index (χ0n) is 17.5. The van der Waals surface area contributed by atoms with Crippen LogP contribution in [0.4, 0.5) is 5.82 Å². The quantitative estimate of drug-likeness (QED) is 0.456. The van der Waals surface area contributed by atoms with E-state index in [4.69, 9.17) is 38.4 Å². The molecule has 0 saturated heterocycles. The fourth-order valence-corrected chi connectivity index (χ4v) is 3.96. The smallest absolute Gasteiger partial charge is 0.253 e. The molecular weight excluding hydrogens is 449 g/mol. The van der Waals surface area contributed by atoms with Gasteiger partial charge in [-0.25, -0.2) is 4.98 Å². The van der Waals surface area contributed by atoms with Gasteiger partial charge < -0.3 is 20.5 Å². The summed E-state index contributed by atoms with van der Waals surface area (Å²) in [6, 6.07) is 14.5. The Labute approximate surface area is 196 Å². The number of nitrogens with zero attached hydrogens (tertiary/aromatic N) is 1. The molecule has 1 amide bonds. The highest BCUT2D eigenvalue weighted by molar-refractivity contribution is 6.35. The van der Waals surface area contributed by atoms with E-state index in [9.17, 15) is 4.79 Å². The molecule has 32 heavy (non-hydrogen) atoms. The highest BCUT2D eigenvalue weighted by atomic mass is 35.5. The van der Waals surface area contributed by atoms with Gasteiger partial charge in [0.2, 0.25) is 0 Å². The van der Waals surface area contributed by atoms with E-state index in [1.807, 2.05) is 24.3 Å². The van der Waals surface area contributed by atoms with Crippen molar-refractivity contribution in [3.63, 3.8) is 0 Å². The maximum absolute atomic E-state index is 13.0. The van der Waals surface area contributed by atoms with Crippen molar-refractivity contribution in [3.8, 4) is 11.5 Å². The largest absolute Gasteiger partial charge is 0.497 e. The number of hydrogen-bond donors (Lipinski definition) is 2. The predicted molar refractivity (Wildman–Crippen MR) is 125 cm³/mol. The molecule has 1 fully saturated rings. The van der Waals surface area contributed by atoms with Crippen molar-refractivity contribution < 1.29 is 14.3 Å². The zero-order chi connectivity index (χ0) is 22.7. The predicted octanol–water partition coefficient (Wildman–Crippen LogP) is 5.44. The summed E-state index contributed by atoms with van der Waals surface area (Å²) in [5.74, 6) is 1.41. The molecule has 1 saturated carbocycles. The summed E-state index contributed by atoms with van der Waals surface area (Å²) in [5, 5.41) is 4.11. The summed E-state index contributed by atoms with van der Waals surface area (Å²) in [5.41, 5.74) is 8.00. The van der Waals surface area contributed by atoms with E-state index in [0.29, 0.717) is 32.8 Å². The van der Waals surface area contributed by atoms with Gasteiger partial charge in [-0.2, -0.15) is 0 Å². The number of nitrogens with two attached hydrogens (primary N) is 1. The summed E-state index contributed by atoms with van der Waals surface area (Å²) in [6.45, 7) is 0.103. The van der Waals surface area contributed by atoms with Gasteiger partial charge in [-0.3, -0.25) is 4.79 Å². The number of halogens is 2. The minimum Gasteiger partial charge on any atom is -0.497 e. The first kappa shape index (κ1) is 22.2. The van der Waals surface area contributed by atoms with Crippen LogP contribution in [0.5, 0.6) is 11.5 Å². The first-order valence-corrected chi connectivity index (χ1v) is 11.0. The lowest BCUT2D eigenvalue weighted by atomic mass is 10.0. The maximum Gasteiger partial charge on any atom is 0.253 e. The maximum atomic E-state index is 13.0. The topological polar surface area (TPSA) is 86.5 Å². The van der Waals surface area contributed by atoms with Gasteiger partial charge in [-0.15, -0.1) is 0 Å². The van der Waals surface area contributed by atoms with Gasteiger partial charge in [-0.05, 0) is 54.7 Å². The Bertz CT molecular complexity index is 1100. The number of nitrogen functional groups attached to an aromatic ring is 1. The number of aromatic nitrogens is 1. The van der Waals surface area contributed by atoms with Crippen LogP contribution >= 0.6 is 23.2 Å². The van der Waals surface area contributed by atoms with Gasteiger partial charge in [0.15, 0.2) is 11.6 Å². The Morgan fingerprint density at radius 1 is 1.19 bits per heavy atom. The third-order valence-corrected chi connectivity index (χ3v) is 6.14. The fourth-order valence-electron chi connectivity index (χ4n) is 3.45. The van der Waals surface area contributed by atoms with Crippen molar-refractivity contribution in [2.45, 2.75) is 25.5 Å². The molecule has 4 rings (SSSR count). The molecule has 0 spiro atoms. The van der Waals surface area contributed by atoms with Crippen LogP contribution in [0.2, 0.25) is 10.0 Å². The summed E-state index contributed by atoms with van der Waals surface area (Å²) in [6.07, 6.45) is 3.59. The second-order valence-corrected chi connectivity index (χ2v) is 8.47. The number of anilines is 1. The lowest BCUT2D eigenvalue weighted by Crippen LogP contribution is -2.30. The average Bonchev–Trinajstić information content (AvgIpc) is 3.63. The molecule has 8 heteroatoms. The van der Waals surface area contributed by atoms with Crippen molar-refractivity contribution in [1.82, 2.24) is 10.3 Å². The molecule has 3 N–H and O–H groups in total. The van der Waals surface area contributed by atoms with Crippen LogP contribution in [0.15, 0.2) is 54.7 Å². The molecule has 0 aliphatic heterocycles. The monoisotopic (exact) mass is 471 g/mol. The Kier molecular flexibility index (Phi) is 6.72. The molecule has 1 aromatic heterocycles. The van der Waals surface area contributed by atoms with E-state index in [0.717, 1.165) is 24.2 Å². The molecule has 1 unspecified atom stereocenters. The van der Waals surface area contributed by atoms with E-state index in [1.165, 1.54) is 6.20 Å². The minimum atomic E-state index is -0.245. The van der Waals surface area contributed by atoms with Gasteiger partial charge in [-0.1, -0.05) is 41.4 Å². The second kappa shape index (κ2) is 9.67. The molecule has 3 aromatic rings. The number of methoxy groups -OCH3 is 1. The van der Waals surface area contributed by atoms with Crippen LogP contribution in [0.1, 0.15) is 40.4 Å². The molecule has 0 bridgehead atoms. The van der Waals surface area contributed by atoms with Gasteiger partial charge in [0.05, 0.1) is 18.7 Å². The number of carbonyl (C=O) groups excluding carboxylic acids is 1. The van der Waals surface area contributed by atoms with Gasteiger partial charge >= 0.3 is 0 Å². The van der Waals surface area contributed by atoms with E-state index < -0.39 is 0 Å². The molecule has 1 heterocycles. The van der Waals surface area contributed by atoms with Crippen molar-refractivity contribution in [3.05, 3.63) is 81.5 Å². The Morgan fingerprint density at radius 3 is 2.50 bits per heavy atom. The number of hydrogen-bond acceptors (Lipinski definition) is 5. The van der Waals surface area contributed by atoms with E-state index in [-0.39, 0.29) is 24.4 Å². The van der Waals surface area contributed by atoms with Gasteiger partial charge in [0.1, 0.15) is 12.4 Å². The third-order valence-electron chi connectivity index (χ3n) is 5.43.